The molecule has 0 saturated heterocycles. The molecule has 0 bridgehead atoms. The van der Waals surface area contributed by atoms with Crippen molar-refractivity contribution in [1.29, 1.82) is 0 Å². The minimum Gasteiger partial charge on any atom is -0.497 e. The molecule has 124 valence electrons. The summed E-state index contributed by atoms with van der Waals surface area (Å²) in [6.45, 7) is 0. The summed E-state index contributed by atoms with van der Waals surface area (Å²) in [5.41, 5.74) is 0.954. The Morgan fingerprint density at radius 2 is 1.58 bits per heavy atom. The molecule has 0 radical (unpaired) electrons. The monoisotopic (exact) mass is 390 g/mol. The van der Waals surface area contributed by atoms with Crippen LogP contribution in [0, 0.1) is 0 Å². The third kappa shape index (κ3) is 2.73. The van der Waals surface area contributed by atoms with Crippen LogP contribution in [0.15, 0.2) is 50.1 Å². The van der Waals surface area contributed by atoms with Crippen LogP contribution in [-0.2, 0) is 0 Å². The lowest BCUT2D eigenvalue weighted by Crippen LogP contribution is -2.04. The zero-order chi connectivity index (χ0) is 17.3. The molecule has 24 heavy (non-hydrogen) atoms. The molecule has 3 rings (SSSR count). The third-order valence-electron chi connectivity index (χ3n) is 3.69. The first-order chi connectivity index (χ1) is 11.6. The van der Waals surface area contributed by atoms with E-state index < -0.39 is 0 Å². The number of benzene rings is 2. The van der Waals surface area contributed by atoms with Gasteiger partial charge in [0.1, 0.15) is 32.9 Å². The molecule has 1 heterocycles. The Bertz CT molecular complexity index is 944. The van der Waals surface area contributed by atoms with Crippen LogP contribution in [0.1, 0.15) is 0 Å². The fraction of sp³-hybridized carbons (Fsp3) is 0.167. The zero-order valence-corrected chi connectivity index (χ0v) is 15.0. The quantitative estimate of drug-likeness (QED) is 0.666. The predicted octanol–water partition coefficient (Wildman–Crippen LogP) is 4.25. The summed E-state index contributed by atoms with van der Waals surface area (Å²) in [5.74, 6) is 2.10. The van der Waals surface area contributed by atoms with Gasteiger partial charge < -0.3 is 18.6 Å². The van der Waals surface area contributed by atoms with E-state index in [-0.39, 0.29) is 5.43 Å². The van der Waals surface area contributed by atoms with E-state index >= 15 is 0 Å². The molecule has 0 aliphatic rings. The average molecular weight is 391 g/mol. The van der Waals surface area contributed by atoms with Crippen LogP contribution in [-0.4, -0.2) is 21.3 Å². The summed E-state index contributed by atoms with van der Waals surface area (Å²) in [4.78, 5) is 12.6. The fourth-order valence-corrected chi connectivity index (χ4v) is 3.01. The van der Waals surface area contributed by atoms with E-state index in [1.54, 1.807) is 25.3 Å². The minimum atomic E-state index is -0.192. The lowest BCUT2D eigenvalue weighted by molar-refractivity contribution is 0.394. The van der Waals surface area contributed by atoms with Crippen molar-refractivity contribution < 1.29 is 18.6 Å². The summed E-state index contributed by atoms with van der Waals surface area (Å²) in [5, 5.41) is 0.363. The first-order valence-corrected chi connectivity index (χ1v) is 7.91. The molecule has 0 spiro atoms. The van der Waals surface area contributed by atoms with Crippen molar-refractivity contribution in [3.05, 3.63) is 51.1 Å². The second-order valence-corrected chi connectivity index (χ2v) is 5.80. The molecule has 0 saturated carbocycles. The Kier molecular flexibility index (Phi) is 4.49. The summed E-state index contributed by atoms with van der Waals surface area (Å²) in [6, 6.07) is 10.4. The molecule has 0 fully saturated rings. The van der Waals surface area contributed by atoms with Crippen LogP contribution < -0.4 is 19.6 Å². The highest BCUT2D eigenvalue weighted by molar-refractivity contribution is 9.10. The molecule has 0 atom stereocenters. The number of methoxy groups -OCH3 is 3. The second-order valence-electron chi connectivity index (χ2n) is 5.00. The number of fused-ring (bicyclic) bond motifs is 1. The molecule has 0 aliphatic heterocycles. The lowest BCUT2D eigenvalue weighted by atomic mass is 10.1. The molecule has 2 aromatic carbocycles. The summed E-state index contributed by atoms with van der Waals surface area (Å²) in [6.07, 6.45) is 0. The molecular weight excluding hydrogens is 376 g/mol. The number of halogens is 1. The van der Waals surface area contributed by atoms with E-state index in [0.717, 1.165) is 11.3 Å². The highest BCUT2D eigenvalue weighted by Gasteiger charge is 2.18. The van der Waals surface area contributed by atoms with Crippen LogP contribution >= 0.6 is 15.9 Å². The number of hydrogen-bond acceptors (Lipinski definition) is 5. The van der Waals surface area contributed by atoms with Gasteiger partial charge in [0.15, 0.2) is 11.0 Å². The van der Waals surface area contributed by atoms with Crippen LogP contribution in [0.2, 0.25) is 0 Å². The van der Waals surface area contributed by atoms with Gasteiger partial charge in [0.25, 0.3) is 0 Å². The Hall–Kier alpha value is -2.47. The van der Waals surface area contributed by atoms with Crippen LogP contribution in [0.3, 0.4) is 0 Å². The molecule has 6 heteroatoms. The van der Waals surface area contributed by atoms with Crippen LogP contribution in [0.25, 0.3) is 22.3 Å². The highest BCUT2D eigenvalue weighted by atomic mass is 79.9. The average Bonchev–Trinajstić information content (AvgIpc) is 2.62. The van der Waals surface area contributed by atoms with Gasteiger partial charge >= 0.3 is 0 Å². The molecule has 0 unspecified atom stereocenters. The predicted molar refractivity (Wildman–Crippen MR) is 95.3 cm³/mol. The van der Waals surface area contributed by atoms with E-state index in [4.69, 9.17) is 18.6 Å². The number of ether oxygens (including phenoxy) is 3. The summed E-state index contributed by atoms with van der Waals surface area (Å²) >= 11 is 3.44. The molecule has 0 aliphatic carbocycles. The molecule has 3 aromatic rings. The standard InChI is InChI=1S/C18H15BrO5/c1-21-11-6-4-10(5-7-11)13-8-12(20)16-14(22-2)9-15(23-3)17(19)18(16)24-13/h4-9H,1-3H3. The number of hydrogen-bond donors (Lipinski definition) is 0. The normalized spacial score (nSPS) is 10.7. The highest BCUT2D eigenvalue weighted by Crippen LogP contribution is 2.39. The van der Waals surface area contributed by atoms with Crippen molar-refractivity contribution in [3.8, 4) is 28.6 Å². The molecule has 1 aromatic heterocycles. The van der Waals surface area contributed by atoms with Gasteiger partial charge in [0.2, 0.25) is 0 Å². The maximum atomic E-state index is 12.6. The smallest absolute Gasteiger partial charge is 0.197 e. The van der Waals surface area contributed by atoms with Gasteiger partial charge in [0.05, 0.1) is 21.3 Å². The summed E-state index contributed by atoms with van der Waals surface area (Å²) in [7, 11) is 4.64. The Morgan fingerprint density at radius 1 is 0.917 bits per heavy atom. The van der Waals surface area contributed by atoms with Gasteiger partial charge in [-0.25, -0.2) is 0 Å². The van der Waals surface area contributed by atoms with Gasteiger partial charge in [-0.05, 0) is 40.2 Å². The van der Waals surface area contributed by atoms with Crippen LogP contribution in [0.5, 0.6) is 17.2 Å². The maximum Gasteiger partial charge on any atom is 0.197 e. The molecular formula is C18H15BrO5. The summed E-state index contributed by atoms with van der Waals surface area (Å²) < 4.78 is 22.3. The zero-order valence-electron chi connectivity index (χ0n) is 13.4. The second kappa shape index (κ2) is 6.57. The largest absolute Gasteiger partial charge is 0.497 e. The van der Waals surface area contributed by atoms with Crippen molar-refractivity contribution in [2.45, 2.75) is 0 Å². The van der Waals surface area contributed by atoms with E-state index in [0.29, 0.717) is 32.7 Å². The fourth-order valence-electron chi connectivity index (χ4n) is 2.46. The third-order valence-corrected chi connectivity index (χ3v) is 4.44. The van der Waals surface area contributed by atoms with Crippen molar-refractivity contribution in [1.82, 2.24) is 0 Å². The molecule has 0 N–H and O–H groups in total. The SMILES string of the molecule is COc1ccc(-c2cc(=O)c3c(OC)cc(OC)c(Br)c3o2)cc1. The van der Waals surface area contributed by atoms with E-state index in [2.05, 4.69) is 15.9 Å². The minimum absolute atomic E-state index is 0.192. The lowest BCUT2D eigenvalue weighted by Gasteiger charge is -2.11. The number of rotatable bonds is 4. The maximum absolute atomic E-state index is 12.6. The van der Waals surface area contributed by atoms with E-state index in [9.17, 15) is 4.79 Å². The molecule has 0 amide bonds. The van der Waals surface area contributed by atoms with Gasteiger partial charge in [-0.3, -0.25) is 4.79 Å². The van der Waals surface area contributed by atoms with Gasteiger partial charge in [-0.1, -0.05) is 0 Å². The van der Waals surface area contributed by atoms with E-state index in [1.165, 1.54) is 20.3 Å². The van der Waals surface area contributed by atoms with E-state index in [1.807, 2.05) is 12.1 Å². The first-order valence-electron chi connectivity index (χ1n) is 7.11. The van der Waals surface area contributed by atoms with Crippen molar-refractivity contribution in [2.75, 3.05) is 21.3 Å². The van der Waals surface area contributed by atoms with Gasteiger partial charge in [-0.15, -0.1) is 0 Å². The first kappa shape index (κ1) is 16.4. The van der Waals surface area contributed by atoms with Gasteiger partial charge in [0, 0.05) is 17.7 Å². The van der Waals surface area contributed by atoms with Crippen molar-refractivity contribution in [2.24, 2.45) is 0 Å². The Morgan fingerprint density at radius 3 is 2.17 bits per heavy atom. The molecule has 5 nitrogen and oxygen atoms in total. The Balaban J connectivity index is 2.28. The van der Waals surface area contributed by atoms with Crippen molar-refractivity contribution in [3.63, 3.8) is 0 Å². The topological polar surface area (TPSA) is 57.9 Å². The van der Waals surface area contributed by atoms with Gasteiger partial charge in [-0.2, -0.15) is 0 Å². The Labute approximate surface area is 146 Å². The van der Waals surface area contributed by atoms with Crippen molar-refractivity contribution >= 4 is 26.9 Å². The van der Waals surface area contributed by atoms with Crippen LogP contribution in [0.4, 0.5) is 0 Å².